The van der Waals surface area contributed by atoms with E-state index in [-0.39, 0.29) is 18.5 Å². The Labute approximate surface area is 182 Å². The van der Waals surface area contributed by atoms with Crippen LogP contribution in [0.5, 0.6) is 0 Å². The highest BCUT2D eigenvalue weighted by atomic mass is 19.1. The fourth-order valence-corrected chi connectivity index (χ4v) is 4.50. The maximum Gasteiger partial charge on any atom is 0.123 e. The minimum Gasteiger partial charge on any atom is -0.465 e. The van der Waals surface area contributed by atoms with Gasteiger partial charge in [0.1, 0.15) is 17.3 Å². The van der Waals surface area contributed by atoms with Crippen molar-refractivity contribution in [1.82, 2.24) is 19.6 Å². The second-order valence-electron chi connectivity index (χ2n) is 8.50. The third kappa shape index (κ3) is 5.06. The highest BCUT2D eigenvalue weighted by Gasteiger charge is 2.28. The lowest BCUT2D eigenvalue weighted by Gasteiger charge is -2.41. The van der Waals surface area contributed by atoms with E-state index in [0.29, 0.717) is 13.0 Å². The van der Waals surface area contributed by atoms with Crippen LogP contribution in [0.3, 0.4) is 0 Å². The van der Waals surface area contributed by atoms with Crippen LogP contribution in [-0.4, -0.2) is 57.0 Å². The normalized spacial score (nSPS) is 18.0. The standard InChI is InChI=1S/C24H31FN4O2/c1-17-12-18(2)29(26-17)24-7-5-21(25)13-20(24)14-27-9-10-28(22(15-27)8-11-30)16-23-6-4-19(3)31-23/h4-7,12-13,22,30H,8-11,14-16H2,1-3H3. The van der Waals surface area contributed by atoms with E-state index in [4.69, 9.17) is 4.42 Å². The Morgan fingerprint density at radius 3 is 2.61 bits per heavy atom. The lowest BCUT2D eigenvalue weighted by Crippen LogP contribution is -2.52. The maximum absolute atomic E-state index is 14.1. The van der Waals surface area contributed by atoms with Gasteiger partial charge in [-0.25, -0.2) is 9.07 Å². The number of halogens is 1. The first-order chi connectivity index (χ1) is 14.9. The van der Waals surface area contributed by atoms with Crippen LogP contribution in [0.2, 0.25) is 0 Å². The molecule has 1 fully saturated rings. The van der Waals surface area contributed by atoms with E-state index in [9.17, 15) is 9.50 Å². The molecule has 3 aromatic rings. The molecule has 1 aliphatic rings. The third-order valence-corrected chi connectivity index (χ3v) is 5.98. The second kappa shape index (κ2) is 9.34. The molecule has 3 heterocycles. The van der Waals surface area contributed by atoms with Gasteiger partial charge in [-0.05, 0) is 69.2 Å². The highest BCUT2D eigenvalue weighted by Crippen LogP contribution is 2.23. The molecule has 0 aliphatic carbocycles. The first-order valence-electron chi connectivity index (χ1n) is 10.9. The van der Waals surface area contributed by atoms with Gasteiger partial charge in [-0.15, -0.1) is 0 Å². The predicted octanol–water partition coefficient (Wildman–Crippen LogP) is 3.60. The van der Waals surface area contributed by atoms with Crippen LogP contribution >= 0.6 is 0 Å². The number of piperazine rings is 1. The number of benzene rings is 1. The van der Waals surface area contributed by atoms with E-state index in [1.165, 1.54) is 6.07 Å². The van der Waals surface area contributed by atoms with Gasteiger partial charge >= 0.3 is 0 Å². The third-order valence-electron chi connectivity index (χ3n) is 5.98. The van der Waals surface area contributed by atoms with Crippen molar-refractivity contribution >= 4 is 0 Å². The average Bonchev–Trinajstić information content (AvgIpc) is 3.28. The summed E-state index contributed by atoms with van der Waals surface area (Å²) < 4.78 is 21.8. The van der Waals surface area contributed by atoms with Gasteiger partial charge in [0.05, 0.1) is 17.9 Å². The van der Waals surface area contributed by atoms with Gasteiger partial charge in [-0.1, -0.05) is 0 Å². The molecule has 1 unspecified atom stereocenters. The number of aromatic nitrogens is 2. The molecule has 1 atom stereocenters. The monoisotopic (exact) mass is 426 g/mol. The van der Waals surface area contributed by atoms with Crippen molar-refractivity contribution in [2.24, 2.45) is 0 Å². The van der Waals surface area contributed by atoms with Crippen molar-refractivity contribution in [3.05, 3.63) is 70.7 Å². The van der Waals surface area contributed by atoms with Gasteiger partial charge in [-0.2, -0.15) is 5.10 Å². The summed E-state index contributed by atoms with van der Waals surface area (Å²) in [4.78, 5) is 4.71. The van der Waals surface area contributed by atoms with Crippen molar-refractivity contribution in [3.8, 4) is 5.69 Å². The minimum absolute atomic E-state index is 0.142. The molecule has 0 spiro atoms. The number of aliphatic hydroxyl groups excluding tert-OH is 1. The predicted molar refractivity (Wildman–Crippen MR) is 118 cm³/mol. The van der Waals surface area contributed by atoms with Gasteiger partial charge < -0.3 is 9.52 Å². The highest BCUT2D eigenvalue weighted by molar-refractivity contribution is 5.42. The summed E-state index contributed by atoms with van der Waals surface area (Å²) in [6.45, 7) is 10.0. The molecule has 7 heteroatoms. The SMILES string of the molecule is Cc1cc(C)n(-c2ccc(F)cc2CN2CCN(Cc3ccc(C)o3)C(CCO)C2)n1. The van der Waals surface area contributed by atoms with Crippen LogP contribution in [0, 0.1) is 26.6 Å². The molecular weight excluding hydrogens is 395 g/mol. The quantitative estimate of drug-likeness (QED) is 0.626. The van der Waals surface area contributed by atoms with Crippen LogP contribution in [0.15, 0.2) is 40.8 Å². The fourth-order valence-electron chi connectivity index (χ4n) is 4.50. The summed E-state index contributed by atoms with van der Waals surface area (Å²) in [7, 11) is 0. The van der Waals surface area contributed by atoms with Crippen molar-refractivity contribution in [1.29, 1.82) is 0 Å². The largest absolute Gasteiger partial charge is 0.465 e. The zero-order valence-corrected chi connectivity index (χ0v) is 18.5. The van der Waals surface area contributed by atoms with E-state index >= 15 is 0 Å². The molecule has 1 N–H and O–H groups in total. The minimum atomic E-state index is -0.237. The molecule has 6 nitrogen and oxygen atoms in total. The second-order valence-corrected chi connectivity index (χ2v) is 8.50. The molecule has 0 saturated carbocycles. The summed E-state index contributed by atoms with van der Waals surface area (Å²) in [5.41, 5.74) is 3.81. The Kier molecular flexibility index (Phi) is 6.55. The van der Waals surface area contributed by atoms with Crippen molar-refractivity contribution in [2.75, 3.05) is 26.2 Å². The van der Waals surface area contributed by atoms with Crippen molar-refractivity contribution < 1.29 is 13.9 Å². The first kappa shape index (κ1) is 21.7. The van der Waals surface area contributed by atoms with Crippen molar-refractivity contribution in [2.45, 2.75) is 46.3 Å². The Hall–Kier alpha value is -2.48. The van der Waals surface area contributed by atoms with E-state index in [2.05, 4.69) is 14.9 Å². The lowest BCUT2D eigenvalue weighted by molar-refractivity contribution is 0.0454. The molecule has 0 radical (unpaired) electrons. The lowest BCUT2D eigenvalue weighted by atomic mass is 10.1. The van der Waals surface area contributed by atoms with Gasteiger partial charge in [0.25, 0.3) is 0 Å². The fraction of sp³-hybridized carbons (Fsp3) is 0.458. The van der Waals surface area contributed by atoms with Crippen molar-refractivity contribution in [3.63, 3.8) is 0 Å². The van der Waals surface area contributed by atoms with Crippen LogP contribution in [0.25, 0.3) is 5.69 Å². The molecule has 1 aromatic carbocycles. The number of nitrogens with zero attached hydrogens (tertiary/aromatic N) is 4. The van der Waals surface area contributed by atoms with Crippen LogP contribution in [-0.2, 0) is 13.1 Å². The molecule has 0 amide bonds. The smallest absolute Gasteiger partial charge is 0.123 e. The number of hydrogen-bond acceptors (Lipinski definition) is 5. The van der Waals surface area contributed by atoms with Gasteiger partial charge in [0, 0.05) is 44.5 Å². The number of aliphatic hydroxyl groups is 1. The Balaban J connectivity index is 1.51. The van der Waals surface area contributed by atoms with E-state index < -0.39 is 0 Å². The summed E-state index contributed by atoms with van der Waals surface area (Å²) in [5, 5.41) is 14.2. The molecule has 2 aromatic heterocycles. The zero-order valence-electron chi connectivity index (χ0n) is 18.5. The van der Waals surface area contributed by atoms with E-state index in [0.717, 1.165) is 60.3 Å². The van der Waals surface area contributed by atoms with Gasteiger partial charge in [-0.3, -0.25) is 9.80 Å². The number of rotatable bonds is 7. The molecule has 0 bridgehead atoms. The van der Waals surface area contributed by atoms with E-state index in [1.54, 1.807) is 6.07 Å². The molecule has 31 heavy (non-hydrogen) atoms. The Bertz CT molecular complexity index is 1030. The van der Waals surface area contributed by atoms with Crippen LogP contribution in [0.4, 0.5) is 4.39 Å². The Morgan fingerprint density at radius 1 is 1.10 bits per heavy atom. The molecule has 166 valence electrons. The topological polar surface area (TPSA) is 57.7 Å². The van der Waals surface area contributed by atoms with E-state index in [1.807, 2.05) is 49.7 Å². The van der Waals surface area contributed by atoms with Crippen LogP contribution < -0.4 is 0 Å². The number of furan rings is 1. The average molecular weight is 427 g/mol. The summed E-state index contributed by atoms with van der Waals surface area (Å²) in [6, 6.07) is 11.2. The van der Waals surface area contributed by atoms with Gasteiger partial charge in [0.2, 0.25) is 0 Å². The number of aryl methyl sites for hydroxylation is 3. The zero-order chi connectivity index (χ0) is 22.0. The Morgan fingerprint density at radius 2 is 1.94 bits per heavy atom. The number of hydrogen-bond donors (Lipinski definition) is 1. The molecular formula is C24H31FN4O2. The molecule has 1 aliphatic heterocycles. The summed E-state index contributed by atoms with van der Waals surface area (Å²) >= 11 is 0. The first-order valence-corrected chi connectivity index (χ1v) is 10.9. The maximum atomic E-state index is 14.1. The summed E-state index contributed by atoms with van der Waals surface area (Å²) in [5.74, 6) is 1.62. The van der Waals surface area contributed by atoms with Gasteiger partial charge in [0.15, 0.2) is 0 Å². The summed E-state index contributed by atoms with van der Waals surface area (Å²) in [6.07, 6.45) is 0.698. The molecule has 4 rings (SSSR count). The molecule has 1 saturated heterocycles. The van der Waals surface area contributed by atoms with Crippen LogP contribution in [0.1, 0.15) is 34.9 Å².